The maximum Gasteiger partial charge on any atom is 0.444 e. The molecular formula is C8HF14NO3. The van der Waals surface area contributed by atoms with Crippen molar-refractivity contribution >= 4 is 5.97 Å². The van der Waals surface area contributed by atoms with Gasteiger partial charge in [0.25, 0.3) is 0 Å². The Kier molecular flexibility index (Phi) is 4.52. The highest BCUT2D eigenvalue weighted by Gasteiger charge is 2.94. The molecule has 0 radical (unpaired) electrons. The maximum absolute atomic E-state index is 13.9. The van der Waals surface area contributed by atoms with Crippen LogP contribution in [-0.4, -0.2) is 58.2 Å². The number of ether oxygens (including phenoxy) is 1. The van der Waals surface area contributed by atoms with Crippen molar-refractivity contribution in [1.82, 2.24) is 4.90 Å². The van der Waals surface area contributed by atoms with Crippen molar-refractivity contribution in [3.8, 4) is 0 Å². The second kappa shape index (κ2) is 5.23. The van der Waals surface area contributed by atoms with Gasteiger partial charge in [-0.2, -0.15) is 57.1 Å². The minimum atomic E-state index is -7.94. The smallest absolute Gasteiger partial charge is 0.444 e. The predicted molar refractivity (Wildman–Crippen MR) is 45.2 cm³/mol. The van der Waals surface area contributed by atoms with Crippen LogP contribution in [0.5, 0.6) is 0 Å². The molecule has 1 heterocycles. The topological polar surface area (TPSA) is 49.8 Å². The van der Waals surface area contributed by atoms with Gasteiger partial charge >= 0.3 is 48.2 Å². The van der Waals surface area contributed by atoms with Crippen LogP contribution in [0.1, 0.15) is 0 Å². The fourth-order valence-corrected chi connectivity index (χ4v) is 1.69. The van der Waals surface area contributed by atoms with Crippen molar-refractivity contribution in [1.29, 1.82) is 0 Å². The van der Waals surface area contributed by atoms with Crippen molar-refractivity contribution in [2.45, 2.75) is 42.2 Å². The molecule has 1 aliphatic heterocycles. The Balaban J connectivity index is 4.01. The van der Waals surface area contributed by atoms with Crippen molar-refractivity contribution < 1.29 is 76.1 Å². The number of rotatable bonds is 3. The molecular weight excluding hydrogens is 424 g/mol. The summed E-state index contributed by atoms with van der Waals surface area (Å²) in [4.78, 5) is 5.84. The Morgan fingerprint density at radius 2 is 1.08 bits per heavy atom. The molecule has 0 aromatic carbocycles. The van der Waals surface area contributed by atoms with Crippen molar-refractivity contribution in [3.05, 3.63) is 0 Å². The average Bonchev–Trinajstić information content (AvgIpc) is 2.33. The number of carboxylic acid groups (broad SMARTS) is 1. The number of carbonyl (C=O) groups is 1. The number of alkyl halides is 14. The molecule has 0 unspecified atom stereocenters. The molecule has 154 valence electrons. The van der Waals surface area contributed by atoms with Crippen molar-refractivity contribution in [2.75, 3.05) is 0 Å². The maximum atomic E-state index is 13.9. The third-order valence-corrected chi connectivity index (χ3v) is 2.89. The number of carboxylic acids is 1. The molecule has 0 aromatic heterocycles. The van der Waals surface area contributed by atoms with Gasteiger partial charge in [0.05, 0.1) is 0 Å². The number of nitrogens with zero attached hydrogens (tertiary/aromatic N) is 1. The number of aliphatic carboxylic acids is 1. The van der Waals surface area contributed by atoms with E-state index in [4.69, 9.17) is 5.11 Å². The molecule has 0 aliphatic carbocycles. The van der Waals surface area contributed by atoms with Crippen LogP contribution in [0.2, 0.25) is 0 Å². The standard InChI is InChI=1S/C8HF14NO3/c9-2(10,1(24)25)3(11,4(12,13)14)23-5(15,16)7(19,20)26-8(21,22)6(23,17)18/h(H,24,25)/t3-/m1/s1. The molecule has 0 amide bonds. The fraction of sp³-hybridized carbons (Fsp3) is 0.875. The summed E-state index contributed by atoms with van der Waals surface area (Å²) >= 11 is 0. The zero-order valence-electron chi connectivity index (χ0n) is 11.0. The highest BCUT2D eigenvalue weighted by atomic mass is 19.4. The lowest BCUT2D eigenvalue weighted by atomic mass is 10.0. The Bertz CT molecular complexity index is 573. The SMILES string of the molecule is O=C(O)C(F)(F)[C@@](F)(N1C(F)(F)C(F)(F)OC(F)(F)C1(F)F)C(F)(F)F. The van der Waals surface area contributed by atoms with Gasteiger partial charge in [0.15, 0.2) is 0 Å². The predicted octanol–water partition coefficient (Wildman–Crippen LogP) is 3.64. The van der Waals surface area contributed by atoms with E-state index < -0.39 is 53.1 Å². The largest absolute Gasteiger partial charge is 0.477 e. The number of halogens is 14. The minimum Gasteiger partial charge on any atom is -0.477 e. The molecule has 4 nitrogen and oxygen atoms in total. The molecule has 0 bridgehead atoms. The molecule has 1 fully saturated rings. The van der Waals surface area contributed by atoms with E-state index in [0.29, 0.717) is 0 Å². The first-order chi connectivity index (χ1) is 11.0. The van der Waals surface area contributed by atoms with Crippen LogP contribution in [-0.2, 0) is 9.53 Å². The van der Waals surface area contributed by atoms with E-state index in [1.54, 1.807) is 4.74 Å². The van der Waals surface area contributed by atoms with Gasteiger partial charge in [-0.15, -0.1) is 4.90 Å². The van der Waals surface area contributed by atoms with E-state index in [1.807, 2.05) is 0 Å². The summed E-state index contributed by atoms with van der Waals surface area (Å²) in [7, 11) is 0. The first kappa shape index (κ1) is 22.5. The highest BCUT2D eigenvalue weighted by molar-refractivity contribution is 5.77. The third kappa shape index (κ3) is 2.48. The third-order valence-electron chi connectivity index (χ3n) is 2.89. The van der Waals surface area contributed by atoms with Crippen LogP contribution in [0.4, 0.5) is 61.5 Å². The molecule has 1 N–H and O–H groups in total. The van der Waals surface area contributed by atoms with Gasteiger partial charge in [-0.05, 0) is 0 Å². The first-order valence-corrected chi connectivity index (χ1v) is 5.40. The van der Waals surface area contributed by atoms with Gasteiger partial charge in [0, 0.05) is 0 Å². The van der Waals surface area contributed by atoms with Crippen molar-refractivity contribution in [2.24, 2.45) is 0 Å². The summed E-state index contributed by atoms with van der Waals surface area (Å²) in [6.07, 6.45) is -22.0. The van der Waals surface area contributed by atoms with Crippen LogP contribution in [0.3, 0.4) is 0 Å². The van der Waals surface area contributed by atoms with Crippen molar-refractivity contribution in [3.63, 3.8) is 0 Å². The van der Waals surface area contributed by atoms with Crippen LogP contribution in [0.25, 0.3) is 0 Å². The second-order valence-corrected chi connectivity index (χ2v) is 4.55. The van der Waals surface area contributed by atoms with Gasteiger partial charge < -0.3 is 5.11 Å². The average molecular weight is 425 g/mol. The molecule has 26 heavy (non-hydrogen) atoms. The molecule has 18 heteroatoms. The number of morpholine rings is 1. The van der Waals surface area contributed by atoms with E-state index in [1.165, 1.54) is 0 Å². The van der Waals surface area contributed by atoms with Crippen LogP contribution >= 0.6 is 0 Å². The number of hydrogen-bond donors (Lipinski definition) is 1. The molecule has 0 spiro atoms. The van der Waals surface area contributed by atoms with E-state index in [0.717, 1.165) is 0 Å². The lowest BCUT2D eigenvalue weighted by molar-refractivity contribution is -0.594. The zero-order chi connectivity index (χ0) is 21.4. The summed E-state index contributed by atoms with van der Waals surface area (Å²) in [5.41, 5.74) is 0. The second-order valence-electron chi connectivity index (χ2n) is 4.55. The Morgan fingerprint density at radius 3 is 1.31 bits per heavy atom. The van der Waals surface area contributed by atoms with E-state index in [2.05, 4.69) is 0 Å². The Morgan fingerprint density at radius 1 is 0.769 bits per heavy atom. The summed E-state index contributed by atoms with van der Waals surface area (Å²) in [6, 6.07) is -15.1. The quantitative estimate of drug-likeness (QED) is 0.555. The molecule has 0 aromatic rings. The van der Waals surface area contributed by atoms with Gasteiger partial charge in [0.1, 0.15) is 0 Å². The summed E-state index contributed by atoms with van der Waals surface area (Å²) in [5.74, 6) is -19.7. The Labute approximate surface area is 130 Å². The Hall–Kier alpha value is -1.59. The summed E-state index contributed by atoms with van der Waals surface area (Å²) in [6.45, 7) is 0. The summed E-state index contributed by atoms with van der Waals surface area (Å²) < 4.78 is 184. The first-order valence-electron chi connectivity index (χ1n) is 5.40. The van der Waals surface area contributed by atoms with E-state index in [-0.39, 0.29) is 0 Å². The lowest BCUT2D eigenvalue weighted by Gasteiger charge is -2.52. The normalized spacial score (nSPS) is 27.6. The molecule has 1 saturated heterocycles. The highest BCUT2D eigenvalue weighted by Crippen LogP contribution is 2.63. The lowest BCUT2D eigenvalue weighted by Crippen LogP contribution is -2.84. The van der Waals surface area contributed by atoms with E-state index in [9.17, 15) is 66.3 Å². The van der Waals surface area contributed by atoms with Gasteiger partial charge in [0.2, 0.25) is 0 Å². The van der Waals surface area contributed by atoms with E-state index >= 15 is 0 Å². The van der Waals surface area contributed by atoms with Gasteiger partial charge in [-0.1, -0.05) is 0 Å². The molecule has 1 rings (SSSR count). The monoisotopic (exact) mass is 425 g/mol. The van der Waals surface area contributed by atoms with Gasteiger partial charge in [-0.25, -0.2) is 13.9 Å². The molecule has 0 saturated carbocycles. The van der Waals surface area contributed by atoms with Gasteiger partial charge in [-0.3, -0.25) is 0 Å². The number of hydrogen-bond acceptors (Lipinski definition) is 3. The van der Waals surface area contributed by atoms with Crippen LogP contribution in [0, 0.1) is 0 Å². The minimum absolute atomic E-state index is 1.67. The molecule has 1 aliphatic rings. The van der Waals surface area contributed by atoms with Crippen LogP contribution < -0.4 is 0 Å². The zero-order valence-corrected chi connectivity index (χ0v) is 11.0. The van der Waals surface area contributed by atoms with Crippen LogP contribution in [0.15, 0.2) is 0 Å². The summed E-state index contributed by atoms with van der Waals surface area (Å²) in [5, 5.41) is 7.86. The molecule has 1 atom stereocenters. The fourth-order valence-electron chi connectivity index (χ4n) is 1.69.